The third kappa shape index (κ3) is 4.90. The first-order valence-electron chi connectivity index (χ1n) is 7.21. The van der Waals surface area contributed by atoms with Gasteiger partial charge in [0.05, 0.1) is 0 Å². The van der Waals surface area contributed by atoms with Crippen molar-refractivity contribution in [2.24, 2.45) is 5.92 Å². The van der Waals surface area contributed by atoms with Gasteiger partial charge >= 0.3 is 0 Å². The monoisotopic (exact) mass is 277 g/mol. The molecule has 0 unspecified atom stereocenters. The molecule has 0 heterocycles. The van der Waals surface area contributed by atoms with Gasteiger partial charge in [0, 0.05) is 10.9 Å². The number of hydrogen-bond acceptors (Lipinski definition) is 2. The molecule has 0 saturated heterocycles. The molecule has 1 saturated carbocycles. The van der Waals surface area contributed by atoms with E-state index >= 15 is 0 Å². The molecule has 0 aliphatic heterocycles. The zero-order chi connectivity index (χ0) is 13.7. The van der Waals surface area contributed by atoms with Crippen LogP contribution in [0.3, 0.4) is 0 Å². The number of carbonyl (C=O) groups excluding carboxylic acids is 1. The summed E-state index contributed by atoms with van der Waals surface area (Å²) in [5.74, 6) is 0.671. The van der Waals surface area contributed by atoms with E-state index < -0.39 is 0 Å². The lowest BCUT2D eigenvalue weighted by molar-refractivity contribution is 0.257. The summed E-state index contributed by atoms with van der Waals surface area (Å²) in [6.07, 6.45) is 5.87. The molecule has 2 nitrogen and oxygen atoms in total. The molecule has 19 heavy (non-hydrogen) atoms. The highest BCUT2D eigenvalue weighted by atomic mass is 32.2. The average Bonchev–Trinajstić information content (AvgIpc) is 2.83. The van der Waals surface area contributed by atoms with Crippen molar-refractivity contribution in [3.63, 3.8) is 0 Å². The Morgan fingerprint density at radius 2 is 1.89 bits per heavy atom. The van der Waals surface area contributed by atoms with Crippen LogP contribution in [0.25, 0.3) is 0 Å². The van der Waals surface area contributed by atoms with E-state index in [2.05, 4.69) is 43.4 Å². The number of carbonyl (C=O) groups is 1. The molecule has 1 amide bonds. The highest BCUT2D eigenvalue weighted by molar-refractivity contribution is 8.13. The van der Waals surface area contributed by atoms with Crippen LogP contribution in [0.5, 0.6) is 0 Å². The first kappa shape index (κ1) is 14.4. The Kier molecular flexibility index (Phi) is 5.32. The summed E-state index contributed by atoms with van der Waals surface area (Å²) in [6, 6.07) is 8.77. The quantitative estimate of drug-likeness (QED) is 0.813. The summed E-state index contributed by atoms with van der Waals surface area (Å²) in [6.45, 7) is 4.44. The topological polar surface area (TPSA) is 29.1 Å². The Labute approximate surface area is 120 Å². The normalized spacial score (nSPS) is 15.9. The Bertz CT molecular complexity index is 407. The highest BCUT2D eigenvalue weighted by Crippen LogP contribution is 2.23. The third-order valence-corrected chi connectivity index (χ3v) is 4.27. The third-order valence-electron chi connectivity index (χ3n) is 3.45. The van der Waals surface area contributed by atoms with Gasteiger partial charge in [0.25, 0.3) is 5.24 Å². The molecular formula is C16H23NOS. The van der Waals surface area contributed by atoms with Crippen LogP contribution in [-0.2, 0) is 6.42 Å². The van der Waals surface area contributed by atoms with Crippen molar-refractivity contribution in [2.75, 3.05) is 0 Å². The Hall–Kier alpha value is -0.960. The van der Waals surface area contributed by atoms with Gasteiger partial charge in [-0.3, -0.25) is 4.79 Å². The van der Waals surface area contributed by atoms with E-state index in [1.54, 1.807) is 0 Å². The van der Waals surface area contributed by atoms with Gasteiger partial charge in [0.1, 0.15) is 0 Å². The van der Waals surface area contributed by atoms with Crippen LogP contribution >= 0.6 is 11.8 Å². The standard InChI is InChI=1S/C16H23NOS/c1-12(2)11-13-7-9-15(10-8-13)19-16(18)17-14-5-3-4-6-14/h7-10,12,14H,3-6,11H2,1-2H3,(H,17,18). The number of nitrogens with one attached hydrogen (secondary N) is 1. The first-order chi connectivity index (χ1) is 9.13. The maximum atomic E-state index is 11.9. The zero-order valence-electron chi connectivity index (χ0n) is 11.8. The van der Waals surface area contributed by atoms with Crippen LogP contribution in [0.15, 0.2) is 29.2 Å². The molecule has 104 valence electrons. The van der Waals surface area contributed by atoms with Gasteiger partial charge in [-0.2, -0.15) is 0 Å². The van der Waals surface area contributed by atoms with Crippen molar-refractivity contribution < 1.29 is 4.79 Å². The van der Waals surface area contributed by atoms with Gasteiger partial charge in [0.2, 0.25) is 0 Å². The molecule has 1 aliphatic carbocycles. The molecule has 0 radical (unpaired) electrons. The van der Waals surface area contributed by atoms with Gasteiger partial charge in [-0.15, -0.1) is 0 Å². The van der Waals surface area contributed by atoms with E-state index in [4.69, 9.17) is 0 Å². The number of rotatable bonds is 4. The van der Waals surface area contributed by atoms with E-state index in [0.717, 1.165) is 24.2 Å². The second-order valence-electron chi connectivity index (χ2n) is 5.76. The average molecular weight is 277 g/mol. The van der Waals surface area contributed by atoms with Crippen LogP contribution in [0.2, 0.25) is 0 Å². The number of hydrogen-bond donors (Lipinski definition) is 1. The van der Waals surface area contributed by atoms with Gasteiger partial charge in [-0.25, -0.2) is 0 Å². The molecule has 1 N–H and O–H groups in total. The van der Waals surface area contributed by atoms with E-state index in [0.29, 0.717) is 12.0 Å². The summed E-state index contributed by atoms with van der Waals surface area (Å²) in [7, 11) is 0. The first-order valence-corrected chi connectivity index (χ1v) is 8.02. The Morgan fingerprint density at radius 1 is 1.26 bits per heavy atom. The molecule has 0 atom stereocenters. The molecule has 0 aromatic heterocycles. The van der Waals surface area contributed by atoms with Crippen molar-refractivity contribution >= 4 is 17.0 Å². The lowest BCUT2D eigenvalue weighted by atomic mass is 10.0. The van der Waals surface area contributed by atoms with Crippen LogP contribution in [0, 0.1) is 5.92 Å². The van der Waals surface area contributed by atoms with Crippen molar-refractivity contribution in [1.82, 2.24) is 5.32 Å². The van der Waals surface area contributed by atoms with Crippen molar-refractivity contribution in [2.45, 2.75) is 56.9 Å². The summed E-state index contributed by atoms with van der Waals surface area (Å²) < 4.78 is 0. The molecular weight excluding hydrogens is 254 g/mol. The Morgan fingerprint density at radius 3 is 2.47 bits per heavy atom. The van der Waals surface area contributed by atoms with Crippen molar-refractivity contribution in [3.8, 4) is 0 Å². The highest BCUT2D eigenvalue weighted by Gasteiger charge is 2.17. The lowest BCUT2D eigenvalue weighted by Gasteiger charge is -2.11. The van der Waals surface area contributed by atoms with E-state index in [9.17, 15) is 4.79 Å². The fourth-order valence-corrected chi connectivity index (χ4v) is 3.25. The number of thioether (sulfide) groups is 1. The molecule has 0 bridgehead atoms. The predicted molar refractivity (Wildman–Crippen MR) is 81.6 cm³/mol. The second-order valence-corrected chi connectivity index (χ2v) is 6.80. The largest absolute Gasteiger partial charge is 0.344 e. The van der Waals surface area contributed by atoms with E-state index in [1.807, 2.05) is 0 Å². The maximum Gasteiger partial charge on any atom is 0.284 e. The minimum absolute atomic E-state index is 0.0866. The van der Waals surface area contributed by atoms with Crippen molar-refractivity contribution in [3.05, 3.63) is 29.8 Å². The van der Waals surface area contributed by atoms with Crippen LogP contribution in [0.1, 0.15) is 45.1 Å². The summed E-state index contributed by atoms with van der Waals surface area (Å²) in [4.78, 5) is 12.9. The summed E-state index contributed by atoms with van der Waals surface area (Å²) in [5.41, 5.74) is 1.34. The van der Waals surface area contributed by atoms with Crippen LogP contribution in [-0.4, -0.2) is 11.3 Å². The summed E-state index contributed by atoms with van der Waals surface area (Å²) in [5, 5.41) is 3.18. The second kappa shape index (κ2) is 6.99. The maximum absolute atomic E-state index is 11.9. The molecule has 1 aromatic carbocycles. The fraction of sp³-hybridized carbons (Fsp3) is 0.562. The minimum Gasteiger partial charge on any atom is -0.344 e. The fourth-order valence-electron chi connectivity index (χ4n) is 2.54. The molecule has 1 aromatic rings. The van der Waals surface area contributed by atoms with Gasteiger partial charge in [0.15, 0.2) is 0 Å². The van der Waals surface area contributed by atoms with Gasteiger partial charge in [-0.05, 0) is 54.6 Å². The predicted octanol–water partition coefficient (Wildman–Crippen LogP) is 4.63. The van der Waals surface area contributed by atoms with Crippen molar-refractivity contribution in [1.29, 1.82) is 0 Å². The smallest absolute Gasteiger partial charge is 0.284 e. The number of amides is 1. The SMILES string of the molecule is CC(C)Cc1ccc(SC(=O)NC2CCCC2)cc1. The van der Waals surface area contributed by atoms with E-state index in [-0.39, 0.29) is 5.24 Å². The molecule has 0 spiro atoms. The Balaban J connectivity index is 1.82. The van der Waals surface area contributed by atoms with Gasteiger partial charge in [-0.1, -0.05) is 38.8 Å². The number of benzene rings is 1. The summed E-state index contributed by atoms with van der Waals surface area (Å²) >= 11 is 1.31. The molecule has 2 rings (SSSR count). The lowest BCUT2D eigenvalue weighted by Crippen LogP contribution is -2.29. The van der Waals surface area contributed by atoms with Gasteiger partial charge < -0.3 is 5.32 Å². The molecule has 1 fully saturated rings. The molecule has 1 aliphatic rings. The minimum atomic E-state index is 0.0866. The molecule has 3 heteroatoms. The zero-order valence-corrected chi connectivity index (χ0v) is 12.6. The van der Waals surface area contributed by atoms with E-state index in [1.165, 1.54) is 30.2 Å². The van der Waals surface area contributed by atoms with Crippen LogP contribution in [0.4, 0.5) is 4.79 Å². The van der Waals surface area contributed by atoms with Crippen LogP contribution < -0.4 is 5.32 Å².